The molecule has 0 atom stereocenters. The maximum Gasteiger partial charge on any atom is 0.231 e. The summed E-state index contributed by atoms with van der Waals surface area (Å²) in [4.78, 5) is 10.8. The lowest BCUT2D eigenvalue weighted by atomic mass is 10.6. The molecular weight excluding hydrogens is 242 g/mol. The highest BCUT2D eigenvalue weighted by atomic mass is 79.9. The van der Waals surface area contributed by atoms with Crippen LogP contribution in [-0.4, -0.2) is 21.4 Å². The highest BCUT2D eigenvalue weighted by molar-refractivity contribution is 9.09. The van der Waals surface area contributed by atoms with Crippen LogP contribution in [0.15, 0.2) is 0 Å². The molecule has 6 heteroatoms. The molecule has 0 radical (unpaired) electrons. The minimum Gasteiger partial charge on any atom is -0.349 e. The Morgan fingerprint density at radius 1 is 1.67 bits per heavy atom. The minimum absolute atomic E-state index is 0.0390. The number of carbonyl (C=O) groups excluding carboxylic acids is 1. The third-order valence-corrected chi connectivity index (χ3v) is 2.47. The Hall–Kier alpha value is -0.490. The molecule has 0 aliphatic heterocycles. The molecule has 0 saturated carbocycles. The summed E-state index contributed by atoms with van der Waals surface area (Å²) >= 11 is 4.54. The van der Waals surface area contributed by atoms with Crippen LogP contribution in [0.3, 0.4) is 0 Å². The number of hydrogen-bond acceptors (Lipinski definition) is 4. The van der Waals surface area contributed by atoms with Gasteiger partial charge in [-0.3, -0.25) is 4.79 Å². The van der Waals surface area contributed by atoms with Gasteiger partial charge < -0.3 is 5.32 Å². The van der Waals surface area contributed by atoms with Crippen LogP contribution < -0.4 is 5.32 Å². The minimum atomic E-state index is -0.0390. The number of amides is 1. The zero-order valence-electron chi connectivity index (χ0n) is 6.50. The van der Waals surface area contributed by atoms with E-state index in [1.165, 1.54) is 11.3 Å². The first-order chi connectivity index (χ1) is 5.72. The van der Waals surface area contributed by atoms with Crippen LogP contribution in [0, 0.1) is 6.92 Å². The zero-order chi connectivity index (χ0) is 8.97. The molecule has 0 spiro atoms. The molecule has 66 valence electrons. The Morgan fingerprint density at radius 2 is 2.42 bits per heavy atom. The van der Waals surface area contributed by atoms with Gasteiger partial charge in [0.1, 0.15) is 10.0 Å². The van der Waals surface area contributed by atoms with Gasteiger partial charge in [-0.05, 0) is 6.92 Å². The predicted molar refractivity (Wildman–Crippen MR) is 50.3 cm³/mol. The van der Waals surface area contributed by atoms with Crippen molar-refractivity contribution in [3.05, 3.63) is 10.0 Å². The van der Waals surface area contributed by atoms with Gasteiger partial charge >= 0.3 is 0 Å². The lowest BCUT2D eigenvalue weighted by Crippen LogP contribution is -2.23. The molecule has 12 heavy (non-hydrogen) atoms. The maximum absolute atomic E-state index is 10.8. The van der Waals surface area contributed by atoms with E-state index in [0.717, 1.165) is 10.0 Å². The van der Waals surface area contributed by atoms with E-state index in [4.69, 9.17) is 0 Å². The summed E-state index contributed by atoms with van der Waals surface area (Å²) in [5, 5.41) is 12.4. The number of nitrogens with zero attached hydrogens (tertiary/aromatic N) is 2. The van der Waals surface area contributed by atoms with E-state index in [9.17, 15) is 4.79 Å². The summed E-state index contributed by atoms with van der Waals surface area (Å²) in [6.45, 7) is 2.35. The third kappa shape index (κ3) is 2.86. The van der Waals surface area contributed by atoms with Gasteiger partial charge in [-0.25, -0.2) is 0 Å². The molecule has 1 N–H and O–H groups in total. The zero-order valence-corrected chi connectivity index (χ0v) is 8.91. The first-order valence-electron chi connectivity index (χ1n) is 3.34. The standard InChI is InChI=1S/C6H8BrN3OS/c1-4-9-10-6(12-4)3-8-5(11)2-7/h2-3H2,1H3,(H,8,11). The summed E-state index contributed by atoms with van der Waals surface area (Å²) in [5.41, 5.74) is 0. The topological polar surface area (TPSA) is 54.9 Å². The lowest BCUT2D eigenvalue weighted by Gasteiger charge is -1.96. The maximum atomic E-state index is 10.8. The van der Waals surface area contributed by atoms with Crippen LogP contribution in [0.2, 0.25) is 0 Å². The molecule has 0 aliphatic rings. The molecule has 1 aromatic rings. The Kier molecular flexibility index (Phi) is 3.61. The van der Waals surface area contributed by atoms with Crippen LogP contribution >= 0.6 is 27.3 Å². The second-order valence-corrected chi connectivity index (χ2v) is 3.95. The van der Waals surface area contributed by atoms with E-state index in [-0.39, 0.29) is 5.91 Å². The normalized spacial score (nSPS) is 9.83. The summed E-state index contributed by atoms with van der Waals surface area (Å²) < 4.78 is 0. The molecule has 0 unspecified atom stereocenters. The average molecular weight is 250 g/mol. The van der Waals surface area contributed by atoms with Gasteiger partial charge in [0, 0.05) is 0 Å². The molecule has 4 nitrogen and oxygen atoms in total. The predicted octanol–water partition coefficient (Wildman–Crippen LogP) is 0.858. The summed E-state index contributed by atoms with van der Waals surface area (Å²) in [5.74, 6) is -0.0390. The van der Waals surface area contributed by atoms with Gasteiger partial charge in [-0.15, -0.1) is 10.2 Å². The smallest absolute Gasteiger partial charge is 0.231 e. The average Bonchev–Trinajstić information content (AvgIpc) is 2.47. The first kappa shape index (κ1) is 9.60. The number of halogens is 1. The van der Waals surface area contributed by atoms with E-state index in [0.29, 0.717) is 11.9 Å². The molecule has 0 saturated heterocycles. The fourth-order valence-corrected chi connectivity index (χ4v) is 1.48. The van der Waals surface area contributed by atoms with Crippen LogP contribution in [-0.2, 0) is 11.3 Å². The molecular formula is C6H8BrN3OS. The molecule has 1 aromatic heterocycles. The first-order valence-corrected chi connectivity index (χ1v) is 5.28. The van der Waals surface area contributed by atoms with Crippen LogP contribution in [0.25, 0.3) is 0 Å². The van der Waals surface area contributed by atoms with Gasteiger partial charge in [-0.2, -0.15) is 0 Å². The van der Waals surface area contributed by atoms with Gasteiger partial charge in [0.25, 0.3) is 0 Å². The van der Waals surface area contributed by atoms with E-state index < -0.39 is 0 Å². The molecule has 0 fully saturated rings. The van der Waals surface area contributed by atoms with E-state index in [1.54, 1.807) is 0 Å². The van der Waals surface area contributed by atoms with Crippen molar-refractivity contribution in [1.29, 1.82) is 0 Å². The fourth-order valence-electron chi connectivity index (χ4n) is 0.630. The third-order valence-electron chi connectivity index (χ3n) is 1.13. The molecule has 0 aliphatic carbocycles. The van der Waals surface area contributed by atoms with Gasteiger partial charge in [0.2, 0.25) is 5.91 Å². The summed E-state index contributed by atoms with van der Waals surface area (Å²) in [7, 11) is 0. The summed E-state index contributed by atoms with van der Waals surface area (Å²) in [6.07, 6.45) is 0. The largest absolute Gasteiger partial charge is 0.349 e. The number of nitrogens with one attached hydrogen (secondary N) is 1. The van der Waals surface area contributed by atoms with Gasteiger partial charge in [0.05, 0.1) is 11.9 Å². The van der Waals surface area contributed by atoms with Crippen molar-refractivity contribution in [3.63, 3.8) is 0 Å². The number of aromatic nitrogens is 2. The second-order valence-electron chi connectivity index (χ2n) is 2.13. The van der Waals surface area contributed by atoms with Gasteiger partial charge in [-0.1, -0.05) is 27.3 Å². The molecule has 0 aromatic carbocycles. The number of carbonyl (C=O) groups is 1. The quantitative estimate of drug-likeness (QED) is 0.809. The van der Waals surface area contributed by atoms with Crippen LogP contribution in [0.5, 0.6) is 0 Å². The van der Waals surface area contributed by atoms with Crippen molar-refractivity contribution in [1.82, 2.24) is 15.5 Å². The Morgan fingerprint density at radius 3 is 2.92 bits per heavy atom. The fraction of sp³-hybridized carbons (Fsp3) is 0.500. The van der Waals surface area contributed by atoms with Gasteiger partial charge in [0.15, 0.2) is 0 Å². The van der Waals surface area contributed by atoms with Crippen molar-refractivity contribution in [2.75, 3.05) is 5.33 Å². The van der Waals surface area contributed by atoms with E-state index in [1.807, 2.05) is 6.92 Å². The monoisotopic (exact) mass is 249 g/mol. The Bertz CT molecular complexity index is 276. The van der Waals surface area contributed by atoms with Crippen LogP contribution in [0.4, 0.5) is 0 Å². The van der Waals surface area contributed by atoms with Crippen molar-refractivity contribution in [2.24, 2.45) is 0 Å². The van der Waals surface area contributed by atoms with Crippen molar-refractivity contribution in [3.8, 4) is 0 Å². The van der Waals surface area contributed by atoms with Crippen LogP contribution in [0.1, 0.15) is 10.0 Å². The van der Waals surface area contributed by atoms with Crippen molar-refractivity contribution < 1.29 is 4.79 Å². The highest BCUT2D eigenvalue weighted by Gasteiger charge is 2.01. The second kappa shape index (κ2) is 4.51. The summed E-state index contributed by atoms with van der Waals surface area (Å²) in [6, 6.07) is 0. The van der Waals surface area contributed by atoms with Crippen molar-refractivity contribution in [2.45, 2.75) is 13.5 Å². The number of aryl methyl sites for hydroxylation is 1. The SMILES string of the molecule is Cc1nnc(CNC(=O)CBr)s1. The number of hydrogen-bond donors (Lipinski definition) is 1. The number of rotatable bonds is 3. The Balaban J connectivity index is 2.38. The number of alkyl halides is 1. The molecule has 0 bridgehead atoms. The van der Waals surface area contributed by atoms with E-state index >= 15 is 0 Å². The molecule has 1 amide bonds. The highest BCUT2D eigenvalue weighted by Crippen LogP contribution is 2.06. The molecule has 1 heterocycles. The lowest BCUT2D eigenvalue weighted by molar-refractivity contribution is -0.118. The van der Waals surface area contributed by atoms with E-state index in [2.05, 4.69) is 31.4 Å². The Labute approximate surface area is 82.5 Å². The molecule has 1 rings (SSSR count). The van der Waals surface area contributed by atoms with Crippen molar-refractivity contribution >= 4 is 33.2 Å².